The van der Waals surface area contributed by atoms with E-state index >= 15 is 0 Å². The third kappa shape index (κ3) is 7.19. The Balaban J connectivity index is 0.961. The van der Waals surface area contributed by atoms with E-state index < -0.39 is 6.04 Å². The molecule has 2 fully saturated rings. The summed E-state index contributed by atoms with van der Waals surface area (Å²) in [6.07, 6.45) is 5.88. The number of imide groups is 1. The minimum absolute atomic E-state index is 0.0849. The molecule has 0 radical (unpaired) electrons. The van der Waals surface area contributed by atoms with Crippen molar-refractivity contribution in [2.45, 2.75) is 37.6 Å². The number of piperidine rings is 1. The number of imidazole rings is 1. The first kappa shape index (κ1) is 35.4. The van der Waals surface area contributed by atoms with Crippen LogP contribution in [0.1, 0.15) is 53.3 Å². The van der Waals surface area contributed by atoms with Crippen LogP contribution in [0.3, 0.4) is 0 Å². The van der Waals surface area contributed by atoms with Crippen molar-refractivity contribution in [3.63, 3.8) is 0 Å². The molecule has 6 aromatic rings. The molecule has 0 spiro atoms. The number of aryl methyl sites for hydroxylation is 2. The van der Waals surface area contributed by atoms with Crippen LogP contribution in [0, 0.1) is 11.8 Å². The predicted molar refractivity (Wildman–Crippen MR) is 208 cm³/mol. The van der Waals surface area contributed by atoms with Crippen molar-refractivity contribution in [1.29, 1.82) is 0 Å². The van der Waals surface area contributed by atoms with Crippen LogP contribution in [0.5, 0.6) is 0 Å². The van der Waals surface area contributed by atoms with Crippen molar-refractivity contribution in [3.05, 3.63) is 107 Å². The number of amides is 3. The average Bonchev–Trinajstić information content (AvgIpc) is 3.43. The summed E-state index contributed by atoms with van der Waals surface area (Å²) >= 11 is 0. The van der Waals surface area contributed by atoms with Crippen molar-refractivity contribution >= 4 is 45.2 Å². The third-order valence-corrected chi connectivity index (χ3v) is 10.2. The first-order valence-corrected chi connectivity index (χ1v) is 18.2. The maximum Gasteiger partial charge on any atom is 0.328 e. The molecule has 2 aromatic carbocycles. The molecule has 4 aromatic heterocycles. The summed E-state index contributed by atoms with van der Waals surface area (Å²) in [5.74, 6) is 5.21. The lowest BCUT2D eigenvalue weighted by atomic mass is 9.93. The molecule has 3 amide bonds. The minimum atomic E-state index is -0.488. The summed E-state index contributed by atoms with van der Waals surface area (Å²) in [5.41, 5.74) is 7.40. The molecule has 1 unspecified atom stereocenters. The van der Waals surface area contributed by atoms with Gasteiger partial charge in [-0.25, -0.2) is 4.79 Å². The van der Waals surface area contributed by atoms with Gasteiger partial charge in [0.25, 0.3) is 5.91 Å². The van der Waals surface area contributed by atoms with Crippen LogP contribution in [0.4, 0.5) is 5.69 Å². The van der Waals surface area contributed by atoms with Gasteiger partial charge in [0.15, 0.2) is 0 Å². The van der Waals surface area contributed by atoms with Crippen LogP contribution in [0.25, 0.3) is 44.3 Å². The molecule has 2 saturated heterocycles. The molecule has 55 heavy (non-hydrogen) atoms. The highest BCUT2D eigenvalue weighted by Gasteiger charge is 2.27. The molecular weight excluding hydrogens is 697 g/mol. The van der Waals surface area contributed by atoms with E-state index in [4.69, 9.17) is 14.7 Å². The van der Waals surface area contributed by atoms with E-state index in [0.29, 0.717) is 36.6 Å². The van der Waals surface area contributed by atoms with Crippen LogP contribution in [-0.4, -0.2) is 67.6 Å². The molecular formula is C42H38N8O5. The highest BCUT2D eigenvalue weighted by Crippen LogP contribution is 2.36. The number of carbonyl (C=O) groups excluding carboxylic acids is 3. The minimum Gasteiger partial charge on any atom is -0.381 e. The fourth-order valence-corrected chi connectivity index (χ4v) is 7.27. The van der Waals surface area contributed by atoms with Gasteiger partial charge in [-0.15, -0.1) is 0 Å². The Hall–Kier alpha value is -6.65. The van der Waals surface area contributed by atoms with E-state index in [0.717, 1.165) is 57.2 Å². The van der Waals surface area contributed by atoms with Gasteiger partial charge in [-0.2, -0.15) is 0 Å². The Bertz CT molecular complexity index is 2610. The van der Waals surface area contributed by atoms with Crippen LogP contribution in [-0.2, 0) is 28.4 Å². The number of rotatable bonds is 7. The summed E-state index contributed by atoms with van der Waals surface area (Å²) in [6, 6.07) is 20.3. The fourth-order valence-electron chi connectivity index (χ4n) is 7.27. The van der Waals surface area contributed by atoms with Gasteiger partial charge in [-0.3, -0.25) is 43.8 Å². The lowest BCUT2D eigenvalue weighted by Gasteiger charge is -2.23. The molecule has 0 aliphatic carbocycles. The Labute approximate surface area is 316 Å². The third-order valence-electron chi connectivity index (χ3n) is 10.2. The lowest BCUT2D eigenvalue weighted by Crippen LogP contribution is -2.47. The van der Waals surface area contributed by atoms with E-state index in [2.05, 4.69) is 32.8 Å². The molecule has 2 aliphatic rings. The second kappa shape index (κ2) is 15.0. The number of carbonyl (C=O) groups is 3. The largest absolute Gasteiger partial charge is 0.381 e. The molecule has 2 aliphatic heterocycles. The van der Waals surface area contributed by atoms with Crippen LogP contribution >= 0.6 is 0 Å². The molecule has 3 N–H and O–H groups in total. The van der Waals surface area contributed by atoms with Gasteiger partial charge in [-0.05, 0) is 67.1 Å². The molecule has 6 heterocycles. The summed E-state index contributed by atoms with van der Waals surface area (Å²) in [6.45, 7) is 1.45. The highest BCUT2D eigenvalue weighted by molar-refractivity contribution is 6.01. The molecule has 0 bridgehead atoms. The van der Waals surface area contributed by atoms with Crippen molar-refractivity contribution in [2.75, 3.05) is 25.1 Å². The van der Waals surface area contributed by atoms with Gasteiger partial charge in [0.05, 0.1) is 34.7 Å². The maximum atomic E-state index is 13.0. The van der Waals surface area contributed by atoms with E-state index in [9.17, 15) is 19.2 Å². The van der Waals surface area contributed by atoms with Gasteiger partial charge < -0.3 is 15.4 Å². The van der Waals surface area contributed by atoms with Crippen molar-refractivity contribution < 1.29 is 19.1 Å². The Morgan fingerprint density at radius 3 is 2.56 bits per heavy atom. The topological polar surface area (TPSA) is 162 Å². The number of nitrogens with zero attached hydrogens (tertiary/aromatic N) is 5. The Morgan fingerprint density at radius 1 is 0.927 bits per heavy atom. The number of benzene rings is 2. The van der Waals surface area contributed by atoms with Gasteiger partial charge >= 0.3 is 5.69 Å². The summed E-state index contributed by atoms with van der Waals surface area (Å²) < 4.78 is 9.01. The first-order valence-electron chi connectivity index (χ1n) is 18.2. The van der Waals surface area contributed by atoms with Crippen molar-refractivity contribution in [1.82, 2.24) is 34.7 Å². The predicted octanol–water partition coefficient (Wildman–Crippen LogP) is 4.44. The number of nitrogens with one attached hydrogen (secondary N) is 3. The Kier molecular flexibility index (Phi) is 9.65. The number of hydrogen-bond donors (Lipinski definition) is 3. The standard InChI is InChI=1S/C42H38N8O5/c1-49-36-22-35(47-38(26-15-18-55-19-16-26)39(36)50(2)42(49)54)30-10-4-8-27-21-34(45-24-31(27)30)28-11-12-32(44-23-28)40(52)43-17-5-7-25-6-3-9-29(20-25)46-33-13-14-37(51)48-41(33)53/h3-4,6,8-12,20-24,26,33,46H,13-19H2,1-2H3,(H,43,52)(H,48,51,53). The number of aromatic nitrogens is 5. The molecule has 0 saturated carbocycles. The number of ether oxygens (including phenoxy) is 1. The number of hydrogen-bond acceptors (Lipinski definition) is 9. The second-order valence-corrected chi connectivity index (χ2v) is 13.8. The van der Waals surface area contributed by atoms with Crippen LogP contribution in [0.2, 0.25) is 0 Å². The van der Waals surface area contributed by atoms with Crippen LogP contribution < -0.4 is 21.6 Å². The molecule has 1 atom stereocenters. The lowest BCUT2D eigenvalue weighted by molar-refractivity contribution is -0.133. The van der Waals surface area contributed by atoms with E-state index in [1.54, 1.807) is 35.5 Å². The molecule has 13 nitrogen and oxygen atoms in total. The second-order valence-electron chi connectivity index (χ2n) is 13.8. The monoisotopic (exact) mass is 734 g/mol. The Morgan fingerprint density at radius 2 is 1.76 bits per heavy atom. The van der Waals surface area contributed by atoms with E-state index in [1.807, 2.05) is 66.9 Å². The SMILES string of the molecule is Cn1c(=O)n(C)c2c(C3CCOCC3)nc(-c3cccc4cc(-c5ccc(C(=O)NCC#Cc6cccc(NC7CCC(=O)NC7=O)c6)nc5)ncc34)cc21. The normalized spacial score (nSPS) is 16.1. The number of pyridine rings is 3. The zero-order valence-electron chi connectivity index (χ0n) is 30.4. The first-order chi connectivity index (χ1) is 26.7. The van der Waals surface area contributed by atoms with Gasteiger partial charge in [0.2, 0.25) is 11.8 Å². The van der Waals surface area contributed by atoms with Crippen molar-refractivity contribution in [3.8, 4) is 34.4 Å². The molecule has 8 rings (SSSR count). The molecule has 276 valence electrons. The fraction of sp³-hybridized carbons (Fsp3) is 0.262. The maximum absolute atomic E-state index is 13.0. The van der Waals surface area contributed by atoms with E-state index in [1.165, 1.54) is 0 Å². The molecule has 13 heteroatoms. The number of anilines is 1. The summed E-state index contributed by atoms with van der Waals surface area (Å²) in [5, 5.41) is 10.2. The van der Waals surface area contributed by atoms with Gasteiger partial charge in [0, 0.05) is 79.8 Å². The van der Waals surface area contributed by atoms with Crippen LogP contribution in [0.15, 0.2) is 83.9 Å². The van der Waals surface area contributed by atoms with Crippen molar-refractivity contribution in [2.24, 2.45) is 14.1 Å². The zero-order chi connectivity index (χ0) is 38.1. The quantitative estimate of drug-likeness (QED) is 0.159. The highest BCUT2D eigenvalue weighted by atomic mass is 16.5. The number of fused-ring (bicyclic) bond motifs is 2. The van der Waals surface area contributed by atoms with E-state index in [-0.39, 0.29) is 48.0 Å². The summed E-state index contributed by atoms with van der Waals surface area (Å²) in [4.78, 5) is 63.8. The smallest absolute Gasteiger partial charge is 0.328 e. The van der Waals surface area contributed by atoms with Gasteiger partial charge in [-0.1, -0.05) is 36.1 Å². The summed E-state index contributed by atoms with van der Waals surface area (Å²) in [7, 11) is 3.60. The van der Waals surface area contributed by atoms with Gasteiger partial charge in [0.1, 0.15) is 11.7 Å². The zero-order valence-corrected chi connectivity index (χ0v) is 30.4. The average molecular weight is 735 g/mol.